The van der Waals surface area contributed by atoms with E-state index in [0.717, 1.165) is 0 Å². The molecule has 1 unspecified atom stereocenters. The van der Waals surface area contributed by atoms with E-state index < -0.39 is 66.1 Å². The van der Waals surface area contributed by atoms with Gasteiger partial charge in [-0.1, -0.05) is 325 Å². The van der Waals surface area contributed by atoms with Crippen LogP contribution in [0, 0.1) is 0 Å². The Balaban J connectivity index is -0.000000645. The van der Waals surface area contributed by atoms with Gasteiger partial charge >= 0.3 is 0 Å². The number of carbonyl (C=O) groups excluding carboxylic acids is 3. The zero-order valence-electron chi connectivity index (χ0n) is 20.1. The van der Waals surface area contributed by atoms with Gasteiger partial charge in [-0.05, 0) is 0 Å². The minimum Gasteiger partial charge on any atom is -0.293 e. The maximum absolute atomic E-state index is 12.1. The van der Waals surface area contributed by atoms with Crippen molar-refractivity contribution in [1.29, 1.82) is 0 Å². The van der Waals surface area contributed by atoms with Gasteiger partial charge in [0.05, 0.1) is 0 Å². The first-order valence-corrected chi connectivity index (χ1v) is 20.6. The number of hydrogen-bond donors (Lipinski definition) is 0. The van der Waals surface area contributed by atoms with Crippen LogP contribution in [-0.4, -0.2) is 66.1 Å². The van der Waals surface area contributed by atoms with Gasteiger partial charge in [0.1, 0.15) is 0 Å². The maximum atomic E-state index is 12.1. The van der Waals surface area contributed by atoms with Gasteiger partial charge in [-0.25, -0.2) is 0 Å². The van der Waals surface area contributed by atoms with Crippen molar-refractivity contribution in [2.45, 2.75) is 48.8 Å². The molecule has 0 aromatic carbocycles. The molecule has 0 N–H and O–H groups in total. The van der Waals surface area contributed by atoms with Crippen molar-refractivity contribution in [2.24, 2.45) is 0 Å². The van der Waals surface area contributed by atoms with Crippen molar-refractivity contribution < 1.29 is 14.4 Å². The molecule has 0 aliphatic rings. The lowest BCUT2D eigenvalue weighted by atomic mass is 10.0. The topological polar surface area (TPSA) is 51.2 Å². The maximum Gasteiger partial charge on any atom is 0.252 e. The zero-order valence-corrected chi connectivity index (χ0v) is 42.7. The van der Waals surface area contributed by atoms with E-state index >= 15 is 0 Å². The Labute approximate surface area is 421 Å². The third-order valence-corrected chi connectivity index (χ3v) is 15.5. The number of carbonyl (C=O) groups is 3. The molecule has 0 aromatic heterocycles. The molecular weight excluding hydrogens is 1290 g/mol. The monoisotopic (exact) mass is 1280 g/mol. The van der Waals surface area contributed by atoms with Gasteiger partial charge in [0.25, 0.3) is 11.4 Å². The number of alkyl halides is 30. The van der Waals surface area contributed by atoms with Crippen LogP contribution in [0.5, 0.6) is 0 Å². The minimum absolute atomic E-state index is 1.23. The Morgan fingerprint density at radius 3 is 0.562 bits per heavy atom. The van der Waals surface area contributed by atoms with E-state index in [2.05, 4.69) is 0 Å². The van der Waals surface area contributed by atoms with Gasteiger partial charge in [-0.15, -0.1) is 23.2 Å². The van der Waals surface area contributed by atoms with Gasteiger partial charge in [0.2, 0.25) is 45.5 Å². The molecule has 0 aliphatic heterocycles. The highest BCUT2D eigenvalue weighted by Gasteiger charge is 2.74. The Morgan fingerprint density at radius 1 is 0.250 bits per heavy atom. The second-order valence-electron chi connectivity index (χ2n) is 7.44. The lowest BCUT2D eigenvalue weighted by Crippen LogP contribution is -2.65. The second kappa shape index (κ2) is 20.1. The standard InChI is InChI=1S/C6Cl12O.C5Cl10O.C4Cl8O/c7-2(5(13,14)15,1(19)3(8,9)10)4(11,12)6(16,17)18;6-2(4(10,11)12,5(13,14)15)1(16)3(7,8)9;5-2(6,4(10,11)12)1(13)3(7,8)9. The van der Waals surface area contributed by atoms with E-state index in [1.54, 1.807) is 0 Å². The van der Waals surface area contributed by atoms with Crippen LogP contribution < -0.4 is 0 Å². The van der Waals surface area contributed by atoms with E-state index in [1.807, 2.05) is 0 Å². The molecule has 0 heterocycles. The molecule has 48 heavy (non-hydrogen) atoms. The molecule has 3 nitrogen and oxygen atoms in total. The summed E-state index contributed by atoms with van der Waals surface area (Å²) in [6, 6.07) is 0. The van der Waals surface area contributed by atoms with Crippen molar-refractivity contribution >= 4 is 365 Å². The van der Waals surface area contributed by atoms with Gasteiger partial charge in [0, 0.05) is 0 Å². The summed E-state index contributed by atoms with van der Waals surface area (Å²) in [6.45, 7) is 0. The Morgan fingerprint density at radius 2 is 0.458 bits per heavy atom. The van der Waals surface area contributed by atoms with Crippen molar-refractivity contribution in [2.75, 3.05) is 0 Å². The van der Waals surface area contributed by atoms with Crippen LogP contribution in [0.1, 0.15) is 0 Å². The number of hydrogen-bond acceptors (Lipinski definition) is 3. The first-order valence-electron chi connectivity index (χ1n) is 9.28. The predicted octanol–water partition coefficient (Wildman–Crippen LogP) is 16.9. The molecule has 0 spiro atoms. The van der Waals surface area contributed by atoms with Gasteiger partial charge in [-0.2, -0.15) is 0 Å². The molecule has 0 aliphatic carbocycles. The fraction of sp³-hybridized carbons (Fsp3) is 0.800. The summed E-state index contributed by atoms with van der Waals surface area (Å²) in [6.07, 6.45) is 0. The van der Waals surface area contributed by atoms with Crippen molar-refractivity contribution in [1.82, 2.24) is 0 Å². The van der Waals surface area contributed by atoms with Gasteiger partial charge < -0.3 is 0 Å². The third kappa shape index (κ3) is 15.6. The van der Waals surface area contributed by atoms with E-state index in [0.29, 0.717) is 0 Å². The molecule has 0 bridgehead atoms. The number of Topliss-reactive ketones (excluding diaryl/α,β-unsaturated/α-hetero) is 3. The van der Waals surface area contributed by atoms with Crippen LogP contribution in [-0.2, 0) is 14.4 Å². The molecule has 0 fully saturated rings. The molecule has 1 atom stereocenters. The normalized spacial score (nSPS) is 16.1. The van der Waals surface area contributed by atoms with Crippen molar-refractivity contribution in [3.8, 4) is 0 Å². The minimum atomic E-state index is -2.87. The average Bonchev–Trinajstić information content (AvgIpc) is 2.76. The molecule has 288 valence electrons. The zero-order chi connectivity index (χ0) is 40.7. The summed E-state index contributed by atoms with van der Waals surface area (Å²) in [4.78, 5) is 29.5. The molecular formula is C15Cl30O3. The smallest absolute Gasteiger partial charge is 0.252 e. The summed E-state index contributed by atoms with van der Waals surface area (Å²) < 4.78 is -25.1. The number of rotatable bonds is 4. The highest BCUT2D eigenvalue weighted by atomic mass is 35.6. The molecule has 33 heteroatoms. The highest BCUT2D eigenvalue weighted by Crippen LogP contribution is 2.64. The summed E-state index contributed by atoms with van der Waals surface area (Å²) in [5, 5.41) is 0. The van der Waals surface area contributed by atoms with Crippen LogP contribution in [0.3, 0.4) is 0 Å². The van der Waals surface area contributed by atoms with Crippen molar-refractivity contribution in [3.63, 3.8) is 0 Å². The summed E-state index contributed by atoms with van der Waals surface area (Å²) in [5.41, 5.74) is 0. The predicted molar refractivity (Wildman–Crippen MR) is 223 cm³/mol. The van der Waals surface area contributed by atoms with E-state index in [4.69, 9.17) is 348 Å². The van der Waals surface area contributed by atoms with Crippen LogP contribution in [0.15, 0.2) is 0 Å². The van der Waals surface area contributed by atoms with Gasteiger partial charge in [0.15, 0.2) is 9.21 Å². The number of halogens is 30. The quantitative estimate of drug-likeness (QED) is 0.264. The molecule has 0 rings (SSSR count). The SMILES string of the molecule is O=C(C(Cl)(Cl)Cl)C(Cl)(C(Cl)(Cl)Cl)C(Cl)(Cl)C(Cl)(Cl)Cl.O=C(C(Cl)(Cl)Cl)C(Cl)(C(Cl)(Cl)Cl)C(Cl)(Cl)Cl.O=C(C(Cl)(Cl)Cl)C(Cl)(Cl)C(Cl)(Cl)Cl. The Hall–Kier alpha value is 7.71. The largest absolute Gasteiger partial charge is 0.293 e. The average molecular weight is 1290 g/mol. The molecule has 0 amide bonds. The van der Waals surface area contributed by atoms with Gasteiger partial charge in [-0.3, -0.25) is 14.4 Å². The summed E-state index contributed by atoms with van der Waals surface area (Å²) >= 11 is 164. The fourth-order valence-corrected chi connectivity index (χ4v) is 8.38. The molecule has 0 saturated heterocycles. The van der Waals surface area contributed by atoms with Crippen LogP contribution in [0.25, 0.3) is 0 Å². The summed E-state index contributed by atoms with van der Waals surface area (Å²) in [7, 11) is 0. The lowest BCUT2D eigenvalue weighted by molar-refractivity contribution is -0.121. The Kier molecular flexibility index (Phi) is 25.1. The lowest BCUT2D eigenvalue weighted by Gasteiger charge is -2.45. The Bertz CT molecular complexity index is 1110. The van der Waals surface area contributed by atoms with Crippen LogP contribution in [0.4, 0.5) is 0 Å². The summed E-state index contributed by atoms with van der Waals surface area (Å²) in [5.74, 6) is -4.08. The van der Waals surface area contributed by atoms with Crippen LogP contribution in [0.2, 0.25) is 0 Å². The molecule has 0 radical (unpaired) electrons. The van der Waals surface area contributed by atoms with E-state index in [1.165, 1.54) is 0 Å². The molecule has 0 aromatic rings. The fourth-order valence-electron chi connectivity index (χ4n) is 1.76. The first kappa shape index (κ1) is 60.0. The van der Waals surface area contributed by atoms with Crippen LogP contribution >= 0.6 is 348 Å². The first-order chi connectivity index (χ1) is 20.0. The third-order valence-electron chi connectivity index (χ3n) is 4.00. The number of ketones is 3. The molecule has 0 saturated carbocycles. The highest BCUT2D eigenvalue weighted by molar-refractivity contribution is 6.88. The van der Waals surface area contributed by atoms with E-state index in [9.17, 15) is 14.4 Å². The second-order valence-corrected chi connectivity index (χ2v) is 29.5. The van der Waals surface area contributed by atoms with E-state index in [-0.39, 0.29) is 0 Å². The van der Waals surface area contributed by atoms with Crippen molar-refractivity contribution in [3.05, 3.63) is 0 Å².